The third-order valence-electron chi connectivity index (χ3n) is 2.25. The number of urea groups is 1. The zero-order chi connectivity index (χ0) is 13.2. The Bertz CT molecular complexity index is 346. The first-order valence-electron chi connectivity index (χ1n) is 6.06. The van der Waals surface area contributed by atoms with E-state index in [4.69, 9.17) is 5.11 Å². The number of carbonyl (C=O) groups excluding carboxylic acids is 1. The molecule has 1 unspecified atom stereocenters. The largest absolute Gasteiger partial charge is 0.396 e. The first kappa shape index (κ1) is 14.9. The second kappa shape index (κ2) is 8.83. The molecule has 0 aliphatic carbocycles. The second-order valence-corrected chi connectivity index (χ2v) is 5.47. The molecule has 0 radical (unpaired) electrons. The van der Waals surface area contributed by atoms with E-state index >= 15 is 0 Å². The van der Waals surface area contributed by atoms with E-state index in [2.05, 4.69) is 29.7 Å². The fourth-order valence-corrected chi connectivity index (χ4v) is 2.30. The third-order valence-corrected chi connectivity index (χ3v) is 3.36. The lowest BCUT2D eigenvalue weighted by Crippen LogP contribution is -2.39. The molecule has 0 aliphatic heterocycles. The van der Waals surface area contributed by atoms with Gasteiger partial charge in [-0.1, -0.05) is 25.1 Å². The van der Waals surface area contributed by atoms with Crippen LogP contribution in [0.25, 0.3) is 0 Å². The number of hydrogen-bond acceptors (Lipinski definition) is 3. The van der Waals surface area contributed by atoms with Crippen molar-refractivity contribution in [3.63, 3.8) is 0 Å². The number of nitrogens with one attached hydrogen (secondary N) is 2. The molecule has 3 N–H and O–H groups in total. The van der Waals surface area contributed by atoms with E-state index in [0.29, 0.717) is 24.8 Å². The van der Waals surface area contributed by atoms with Crippen molar-refractivity contribution in [1.29, 1.82) is 0 Å². The minimum Gasteiger partial charge on any atom is -0.396 e. The third kappa shape index (κ3) is 6.51. The van der Waals surface area contributed by atoms with Crippen LogP contribution < -0.4 is 10.6 Å². The summed E-state index contributed by atoms with van der Waals surface area (Å²) in [7, 11) is 0. The zero-order valence-corrected chi connectivity index (χ0v) is 11.4. The highest BCUT2D eigenvalue weighted by Crippen LogP contribution is 2.21. The Morgan fingerprint density at radius 2 is 2.06 bits per heavy atom. The molecule has 1 aromatic rings. The normalized spacial score (nSPS) is 11.9. The summed E-state index contributed by atoms with van der Waals surface area (Å²) in [4.78, 5) is 12.6. The van der Waals surface area contributed by atoms with Crippen LogP contribution in [0.2, 0.25) is 0 Å². The molecule has 0 saturated heterocycles. The van der Waals surface area contributed by atoms with Gasteiger partial charge in [0.15, 0.2) is 0 Å². The highest BCUT2D eigenvalue weighted by molar-refractivity contribution is 8.00. The SMILES string of the molecule is CC(CNC(=O)NCCCO)Sc1ccccc1. The van der Waals surface area contributed by atoms with Gasteiger partial charge in [-0.05, 0) is 18.6 Å². The summed E-state index contributed by atoms with van der Waals surface area (Å²) in [6.07, 6.45) is 0.585. The van der Waals surface area contributed by atoms with Gasteiger partial charge in [-0.15, -0.1) is 11.8 Å². The molecule has 1 aromatic carbocycles. The Balaban J connectivity index is 2.17. The average molecular weight is 268 g/mol. The maximum absolute atomic E-state index is 11.4. The number of benzene rings is 1. The van der Waals surface area contributed by atoms with E-state index in [1.54, 1.807) is 11.8 Å². The van der Waals surface area contributed by atoms with Gasteiger partial charge < -0.3 is 15.7 Å². The molecule has 1 rings (SSSR count). The Morgan fingerprint density at radius 3 is 2.72 bits per heavy atom. The maximum atomic E-state index is 11.4. The molecular formula is C13H20N2O2S. The highest BCUT2D eigenvalue weighted by Gasteiger charge is 2.06. The molecule has 100 valence electrons. The van der Waals surface area contributed by atoms with Crippen LogP contribution in [0.15, 0.2) is 35.2 Å². The molecule has 0 heterocycles. The van der Waals surface area contributed by atoms with Crippen LogP contribution >= 0.6 is 11.8 Å². The molecule has 2 amide bonds. The minimum absolute atomic E-state index is 0.0978. The Hall–Kier alpha value is -1.20. The summed E-state index contributed by atoms with van der Waals surface area (Å²) in [5, 5.41) is 14.4. The van der Waals surface area contributed by atoms with Gasteiger partial charge in [0, 0.05) is 29.8 Å². The number of amides is 2. The Kier molecular flexibility index (Phi) is 7.29. The lowest BCUT2D eigenvalue weighted by Gasteiger charge is -2.13. The molecule has 0 fully saturated rings. The predicted octanol–water partition coefficient (Wildman–Crippen LogP) is 1.85. The lowest BCUT2D eigenvalue weighted by molar-refractivity contribution is 0.238. The summed E-state index contributed by atoms with van der Waals surface area (Å²) in [5.74, 6) is 0. The van der Waals surface area contributed by atoms with E-state index in [-0.39, 0.29) is 12.6 Å². The average Bonchev–Trinajstić information content (AvgIpc) is 2.38. The van der Waals surface area contributed by atoms with Crippen molar-refractivity contribution in [3.05, 3.63) is 30.3 Å². The number of thioether (sulfide) groups is 1. The van der Waals surface area contributed by atoms with Gasteiger partial charge in [-0.25, -0.2) is 4.79 Å². The van der Waals surface area contributed by atoms with Crippen LogP contribution in [-0.2, 0) is 0 Å². The fraction of sp³-hybridized carbons (Fsp3) is 0.462. The summed E-state index contributed by atoms with van der Waals surface area (Å²) in [5.41, 5.74) is 0. The van der Waals surface area contributed by atoms with Crippen molar-refractivity contribution in [2.75, 3.05) is 19.7 Å². The molecule has 4 nitrogen and oxygen atoms in total. The van der Waals surface area contributed by atoms with Gasteiger partial charge in [0.05, 0.1) is 0 Å². The Labute approximate surface area is 112 Å². The summed E-state index contributed by atoms with van der Waals surface area (Å²) >= 11 is 1.73. The van der Waals surface area contributed by atoms with Gasteiger partial charge >= 0.3 is 6.03 Å². The van der Waals surface area contributed by atoms with Gasteiger partial charge in [0.1, 0.15) is 0 Å². The Morgan fingerprint density at radius 1 is 1.33 bits per heavy atom. The molecule has 0 spiro atoms. The van der Waals surface area contributed by atoms with Crippen molar-refractivity contribution < 1.29 is 9.90 Å². The number of hydrogen-bond donors (Lipinski definition) is 3. The van der Waals surface area contributed by atoms with Crippen LogP contribution in [0.1, 0.15) is 13.3 Å². The predicted molar refractivity (Wildman–Crippen MR) is 74.9 cm³/mol. The van der Waals surface area contributed by atoms with Crippen molar-refractivity contribution in [3.8, 4) is 0 Å². The van der Waals surface area contributed by atoms with Gasteiger partial charge in [0.25, 0.3) is 0 Å². The van der Waals surface area contributed by atoms with E-state index in [9.17, 15) is 4.79 Å². The summed E-state index contributed by atoms with van der Waals surface area (Å²) in [6, 6.07) is 9.93. The van der Waals surface area contributed by atoms with Crippen LogP contribution in [0, 0.1) is 0 Å². The lowest BCUT2D eigenvalue weighted by atomic mass is 10.4. The quantitative estimate of drug-likeness (QED) is 0.522. The number of rotatable bonds is 7. The molecule has 0 bridgehead atoms. The van der Waals surface area contributed by atoms with Crippen molar-refractivity contribution in [2.45, 2.75) is 23.5 Å². The summed E-state index contributed by atoms with van der Waals surface area (Å²) < 4.78 is 0. The van der Waals surface area contributed by atoms with Crippen molar-refractivity contribution in [1.82, 2.24) is 10.6 Å². The fourth-order valence-electron chi connectivity index (χ4n) is 1.35. The number of carbonyl (C=O) groups is 1. The van der Waals surface area contributed by atoms with Crippen LogP contribution in [0.3, 0.4) is 0 Å². The second-order valence-electron chi connectivity index (χ2n) is 3.96. The van der Waals surface area contributed by atoms with Gasteiger partial charge in [-0.3, -0.25) is 0 Å². The molecule has 1 atom stereocenters. The topological polar surface area (TPSA) is 61.4 Å². The minimum atomic E-state index is -0.177. The monoisotopic (exact) mass is 268 g/mol. The van der Waals surface area contributed by atoms with Crippen molar-refractivity contribution in [2.24, 2.45) is 0 Å². The highest BCUT2D eigenvalue weighted by atomic mass is 32.2. The first-order chi connectivity index (χ1) is 8.72. The maximum Gasteiger partial charge on any atom is 0.314 e. The van der Waals surface area contributed by atoms with Crippen LogP contribution in [0.5, 0.6) is 0 Å². The van der Waals surface area contributed by atoms with E-state index in [1.807, 2.05) is 18.2 Å². The van der Waals surface area contributed by atoms with E-state index in [1.165, 1.54) is 4.90 Å². The molecule has 0 aromatic heterocycles. The van der Waals surface area contributed by atoms with Gasteiger partial charge in [0.2, 0.25) is 0 Å². The smallest absolute Gasteiger partial charge is 0.314 e. The van der Waals surface area contributed by atoms with Crippen molar-refractivity contribution >= 4 is 17.8 Å². The standard InChI is InChI=1S/C13H20N2O2S/c1-11(18-12-6-3-2-4-7-12)10-15-13(17)14-8-5-9-16/h2-4,6-7,11,16H,5,8-10H2,1H3,(H2,14,15,17). The van der Waals surface area contributed by atoms with Gasteiger partial charge in [-0.2, -0.15) is 0 Å². The van der Waals surface area contributed by atoms with E-state index < -0.39 is 0 Å². The van der Waals surface area contributed by atoms with Crippen LogP contribution in [-0.4, -0.2) is 36.1 Å². The molecular weight excluding hydrogens is 248 g/mol. The summed E-state index contributed by atoms with van der Waals surface area (Å²) in [6.45, 7) is 3.29. The molecule has 18 heavy (non-hydrogen) atoms. The number of aliphatic hydroxyl groups is 1. The molecule has 5 heteroatoms. The van der Waals surface area contributed by atoms with E-state index in [0.717, 1.165) is 0 Å². The molecule has 0 saturated carbocycles. The van der Waals surface area contributed by atoms with Crippen LogP contribution in [0.4, 0.5) is 4.79 Å². The number of aliphatic hydroxyl groups excluding tert-OH is 1. The zero-order valence-electron chi connectivity index (χ0n) is 10.6. The first-order valence-corrected chi connectivity index (χ1v) is 6.94. The molecule has 0 aliphatic rings.